The summed E-state index contributed by atoms with van der Waals surface area (Å²) < 4.78 is 0. The molecule has 0 aliphatic carbocycles. The first-order valence-corrected chi connectivity index (χ1v) is 6.55. The molecule has 0 fully saturated rings. The van der Waals surface area contributed by atoms with E-state index in [1.807, 2.05) is 6.07 Å². The lowest BCUT2D eigenvalue weighted by Crippen LogP contribution is -2.18. The molecule has 0 bridgehead atoms. The van der Waals surface area contributed by atoms with Crippen molar-refractivity contribution in [1.29, 1.82) is 0 Å². The Morgan fingerprint density at radius 1 is 1.29 bits per heavy atom. The topological polar surface area (TPSA) is 63.8 Å². The van der Waals surface area contributed by atoms with Crippen LogP contribution in [0.15, 0.2) is 12.4 Å². The molecular formula is C13H24N4. The molecule has 3 N–H and O–H groups in total. The van der Waals surface area contributed by atoms with Gasteiger partial charge in [-0.25, -0.2) is 9.97 Å². The van der Waals surface area contributed by atoms with Gasteiger partial charge in [0.15, 0.2) is 0 Å². The van der Waals surface area contributed by atoms with Crippen molar-refractivity contribution < 1.29 is 0 Å². The molecule has 1 unspecified atom stereocenters. The Balaban J connectivity index is 2.46. The number of aryl methyl sites for hydroxylation is 1. The highest BCUT2D eigenvalue weighted by atomic mass is 15.0. The maximum Gasteiger partial charge on any atom is 0.129 e. The van der Waals surface area contributed by atoms with E-state index in [4.69, 9.17) is 5.73 Å². The Hall–Kier alpha value is -1.16. The molecule has 0 spiro atoms. The summed E-state index contributed by atoms with van der Waals surface area (Å²) in [5.41, 5.74) is 6.70. The van der Waals surface area contributed by atoms with E-state index < -0.39 is 0 Å². The molecule has 1 aromatic rings. The molecule has 0 aliphatic heterocycles. The van der Waals surface area contributed by atoms with E-state index in [9.17, 15) is 0 Å². The van der Waals surface area contributed by atoms with Gasteiger partial charge in [0.1, 0.15) is 12.1 Å². The Morgan fingerprint density at radius 2 is 2.12 bits per heavy atom. The van der Waals surface area contributed by atoms with E-state index in [0.29, 0.717) is 5.92 Å². The molecule has 4 heteroatoms. The van der Waals surface area contributed by atoms with E-state index in [2.05, 4.69) is 29.1 Å². The van der Waals surface area contributed by atoms with Crippen molar-refractivity contribution in [3.8, 4) is 0 Å². The summed E-state index contributed by atoms with van der Waals surface area (Å²) in [5.74, 6) is 1.57. The van der Waals surface area contributed by atoms with E-state index in [1.165, 1.54) is 12.8 Å². The van der Waals surface area contributed by atoms with Gasteiger partial charge in [0.2, 0.25) is 0 Å². The summed E-state index contributed by atoms with van der Waals surface area (Å²) in [6.45, 7) is 6.02. The third-order valence-corrected chi connectivity index (χ3v) is 2.93. The number of aromatic nitrogens is 2. The van der Waals surface area contributed by atoms with Crippen LogP contribution in [0.2, 0.25) is 0 Å². The standard InChI is InChI=1S/C13H24N4/c1-3-5-11(6-7-14)9-15-13-8-12(4-2)16-10-17-13/h8,10-11H,3-7,9,14H2,1-2H3,(H,15,16,17). The van der Waals surface area contributed by atoms with Gasteiger partial charge in [-0.2, -0.15) is 0 Å². The van der Waals surface area contributed by atoms with Crippen LogP contribution in [0.1, 0.15) is 38.8 Å². The minimum absolute atomic E-state index is 0.644. The normalized spacial score (nSPS) is 12.4. The molecule has 17 heavy (non-hydrogen) atoms. The first kappa shape index (κ1) is 13.9. The van der Waals surface area contributed by atoms with Crippen LogP contribution in [-0.2, 0) is 6.42 Å². The van der Waals surface area contributed by atoms with Crippen molar-refractivity contribution in [3.05, 3.63) is 18.1 Å². The fourth-order valence-electron chi connectivity index (χ4n) is 1.93. The maximum atomic E-state index is 5.62. The van der Waals surface area contributed by atoms with Crippen molar-refractivity contribution in [2.45, 2.75) is 39.5 Å². The fraction of sp³-hybridized carbons (Fsp3) is 0.692. The molecule has 0 amide bonds. The predicted octanol–water partition coefficient (Wildman–Crippen LogP) is 2.22. The number of nitrogens with one attached hydrogen (secondary N) is 1. The zero-order chi connectivity index (χ0) is 12.5. The first-order valence-electron chi connectivity index (χ1n) is 6.55. The average Bonchev–Trinajstić information content (AvgIpc) is 2.37. The average molecular weight is 236 g/mol. The van der Waals surface area contributed by atoms with Gasteiger partial charge in [0.05, 0.1) is 0 Å². The van der Waals surface area contributed by atoms with Gasteiger partial charge < -0.3 is 11.1 Å². The summed E-state index contributed by atoms with van der Waals surface area (Å²) in [6, 6.07) is 2.02. The van der Waals surface area contributed by atoms with Gasteiger partial charge >= 0.3 is 0 Å². The van der Waals surface area contributed by atoms with Gasteiger partial charge in [-0.15, -0.1) is 0 Å². The molecule has 1 rings (SSSR count). The monoisotopic (exact) mass is 236 g/mol. The van der Waals surface area contributed by atoms with Crippen molar-refractivity contribution in [2.24, 2.45) is 11.7 Å². The Labute approximate surface area is 104 Å². The van der Waals surface area contributed by atoms with Crippen LogP contribution >= 0.6 is 0 Å². The van der Waals surface area contributed by atoms with E-state index in [1.54, 1.807) is 6.33 Å². The van der Waals surface area contributed by atoms with Gasteiger partial charge in [0, 0.05) is 18.3 Å². The molecule has 96 valence electrons. The van der Waals surface area contributed by atoms with Crippen molar-refractivity contribution >= 4 is 5.82 Å². The van der Waals surface area contributed by atoms with Crippen LogP contribution in [0.5, 0.6) is 0 Å². The lowest BCUT2D eigenvalue weighted by Gasteiger charge is -2.16. The SMILES string of the molecule is CCCC(CCN)CNc1cc(CC)ncn1. The molecular weight excluding hydrogens is 212 g/mol. The number of hydrogen-bond donors (Lipinski definition) is 2. The second-order valence-electron chi connectivity index (χ2n) is 4.36. The smallest absolute Gasteiger partial charge is 0.129 e. The lowest BCUT2D eigenvalue weighted by molar-refractivity contribution is 0.473. The third kappa shape index (κ3) is 5.13. The number of anilines is 1. The lowest BCUT2D eigenvalue weighted by atomic mass is 10.00. The van der Waals surface area contributed by atoms with E-state index >= 15 is 0 Å². The Bertz CT molecular complexity index is 308. The molecule has 0 saturated carbocycles. The van der Waals surface area contributed by atoms with E-state index in [-0.39, 0.29) is 0 Å². The number of hydrogen-bond acceptors (Lipinski definition) is 4. The summed E-state index contributed by atoms with van der Waals surface area (Å²) in [4.78, 5) is 8.41. The largest absolute Gasteiger partial charge is 0.370 e. The van der Waals surface area contributed by atoms with Crippen LogP contribution in [0.4, 0.5) is 5.82 Å². The number of nitrogens with zero attached hydrogens (tertiary/aromatic N) is 2. The van der Waals surface area contributed by atoms with Crippen LogP contribution < -0.4 is 11.1 Å². The van der Waals surface area contributed by atoms with Crippen LogP contribution in [0.25, 0.3) is 0 Å². The van der Waals surface area contributed by atoms with Crippen molar-refractivity contribution in [3.63, 3.8) is 0 Å². The second-order valence-corrected chi connectivity index (χ2v) is 4.36. The molecule has 0 aromatic carbocycles. The van der Waals surface area contributed by atoms with Gasteiger partial charge in [-0.1, -0.05) is 20.3 Å². The van der Waals surface area contributed by atoms with Gasteiger partial charge in [-0.05, 0) is 31.7 Å². The highest BCUT2D eigenvalue weighted by molar-refractivity contribution is 5.34. The Kier molecular flexibility index (Phi) is 6.55. The van der Waals surface area contributed by atoms with E-state index in [0.717, 1.165) is 37.4 Å². The zero-order valence-electron chi connectivity index (χ0n) is 10.9. The van der Waals surface area contributed by atoms with Crippen molar-refractivity contribution in [2.75, 3.05) is 18.4 Å². The molecule has 0 radical (unpaired) electrons. The Morgan fingerprint density at radius 3 is 2.76 bits per heavy atom. The summed E-state index contributed by atoms with van der Waals surface area (Å²) in [7, 11) is 0. The van der Waals surface area contributed by atoms with Crippen molar-refractivity contribution in [1.82, 2.24) is 9.97 Å². The van der Waals surface area contributed by atoms with Gasteiger partial charge in [-0.3, -0.25) is 0 Å². The molecule has 1 heterocycles. The minimum atomic E-state index is 0.644. The molecule has 1 atom stereocenters. The molecule has 1 aromatic heterocycles. The maximum absolute atomic E-state index is 5.62. The molecule has 0 saturated heterocycles. The number of rotatable bonds is 8. The minimum Gasteiger partial charge on any atom is -0.370 e. The first-order chi connectivity index (χ1) is 8.30. The predicted molar refractivity (Wildman–Crippen MR) is 72.0 cm³/mol. The molecule has 0 aliphatic rings. The van der Waals surface area contributed by atoms with Gasteiger partial charge in [0.25, 0.3) is 0 Å². The fourth-order valence-corrected chi connectivity index (χ4v) is 1.93. The third-order valence-electron chi connectivity index (χ3n) is 2.93. The van der Waals surface area contributed by atoms with Crippen LogP contribution in [0.3, 0.4) is 0 Å². The quantitative estimate of drug-likeness (QED) is 0.726. The summed E-state index contributed by atoms with van der Waals surface area (Å²) in [6.07, 6.45) is 6.07. The molecule has 4 nitrogen and oxygen atoms in total. The van der Waals surface area contributed by atoms with Crippen LogP contribution in [-0.4, -0.2) is 23.1 Å². The van der Waals surface area contributed by atoms with Crippen LogP contribution in [0, 0.1) is 5.92 Å². The highest BCUT2D eigenvalue weighted by Crippen LogP contribution is 2.12. The summed E-state index contributed by atoms with van der Waals surface area (Å²) >= 11 is 0. The summed E-state index contributed by atoms with van der Waals surface area (Å²) in [5, 5.41) is 3.38. The highest BCUT2D eigenvalue weighted by Gasteiger charge is 2.07. The zero-order valence-corrected chi connectivity index (χ0v) is 10.9. The second kappa shape index (κ2) is 8.01. The number of nitrogens with two attached hydrogens (primary N) is 1.